The number of carbonyl (C=O) groups excluding carboxylic acids is 2. The molecule has 0 saturated carbocycles. The van der Waals surface area contributed by atoms with Crippen molar-refractivity contribution in [1.82, 2.24) is 24.7 Å². The van der Waals surface area contributed by atoms with Crippen molar-refractivity contribution in [3.63, 3.8) is 0 Å². The molecule has 3 aromatic heterocycles. The van der Waals surface area contributed by atoms with Crippen LogP contribution in [0.3, 0.4) is 0 Å². The molecule has 12 heteroatoms. The first-order chi connectivity index (χ1) is 22.3. The topological polar surface area (TPSA) is 127 Å². The summed E-state index contributed by atoms with van der Waals surface area (Å²) in [6.45, 7) is 7.10. The van der Waals surface area contributed by atoms with Gasteiger partial charge >= 0.3 is 12.0 Å². The summed E-state index contributed by atoms with van der Waals surface area (Å²) in [6, 6.07) is 17.3. The molecular formula is C34H36N8O3S. The monoisotopic (exact) mass is 636 g/mol. The molecule has 1 saturated heterocycles. The van der Waals surface area contributed by atoms with Crippen LogP contribution in [0.25, 0.3) is 16.1 Å². The van der Waals surface area contributed by atoms with Gasteiger partial charge in [0.1, 0.15) is 11.6 Å². The van der Waals surface area contributed by atoms with Crippen molar-refractivity contribution in [3.05, 3.63) is 84.4 Å². The number of anilines is 3. The standard InChI is InChI=1S/C34H36N8O3S/c1-4-23-8-7-9-27(17-23)42-30(18-25(40-42)16-22(2)3)39-32(44)38-26-19-35-33(36-20-26)45-28-13-11-24(12-14-28)29-21-37-34(46-29)41-15-6-5-10-31(41)43/h7-9,11-14,17-22H,4-6,10,15-16H2,1-3H3,(H2,38,39,44). The molecule has 0 radical (unpaired) electrons. The maximum Gasteiger partial charge on any atom is 0.324 e. The van der Waals surface area contributed by atoms with Gasteiger partial charge in [-0.05, 0) is 79.1 Å². The van der Waals surface area contributed by atoms with E-state index in [-0.39, 0.29) is 11.9 Å². The lowest BCUT2D eigenvalue weighted by atomic mass is 10.1. The Bertz CT molecular complexity index is 1810. The van der Waals surface area contributed by atoms with Crippen molar-refractivity contribution < 1.29 is 14.3 Å². The first-order valence-electron chi connectivity index (χ1n) is 15.5. The van der Waals surface area contributed by atoms with Crippen LogP contribution < -0.4 is 20.3 Å². The maximum atomic E-state index is 13.0. The number of carbonyl (C=O) groups is 2. The highest BCUT2D eigenvalue weighted by molar-refractivity contribution is 7.19. The van der Waals surface area contributed by atoms with Gasteiger partial charge in [0.05, 0.1) is 34.3 Å². The second kappa shape index (κ2) is 13.9. The number of hydrogen-bond donors (Lipinski definition) is 2. The highest BCUT2D eigenvalue weighted by atomic mass is 32.1. The normalized spacial score (nSPS) is 13.2. The van der Waals surface area contributed by atoms with E-state index >= 15 is 0 Å². The molecule has 2 aromatic carbocycles. The minimum absolute atomic E-state index is 0.134. The van der Waals surface area contributed by atoms with Crippen molar-refractivity contribution in [1.29, 1.82) is 0 Å². The number of ether oxygens (including phenoxy) is 1. The third-order valence-corrected chi connectivity index (χ3v) is 8.53. The number of urea groups is 1. The van der Waals surface area contributed by atoms with E-state index in [0.29, 0.717) is 29.6 Å². The minimum Gasteiger partial charge on any atom is -0.424 e. The summed E-state index contributed by atoms with van der Waals surface area (Å²) in [7, 11) is 0. The van der Waals surface area contributed by atoms with Crippen LogP contribution in [0.1, 0.15) is 51.3 Å². The summed E-state index contributed by atoms with van der Waals surface area (Å²) in [4.78, 5) is 41.0. The van der Waals surface area contributed by atoms with E-state index in [2.05, 4.69) is 58.5 Å². The molecule has 2 N–H and O–H groups in total. The van der Waals surface area contributed by atoms with Gasteiger partial charge in [-0.2, -0.15) is 5.10 Å². The second-order valence-electron chi connectivity index (χ2n) is 11.5. The lowest BCUT2D eigenvalue weighted by Crippen LogP contribution is -2.34. The molecule has 11 nitrogen and oxygen atoms in total. The Labute approximate surface area is 271 Å². The predicted molar refractivity (Wildman–Crippen MR) is 180 cm³/mol. The Hall–Kier alpha value is -5.10. The van der Waals surface area contributed by atoms with Gasteiger partial charge in [0.2, 0.25) is 5.91 Å². The third kappa shape index (κ3) is 7.40. The smallest absolute Gasteiger partial charge is 0.324 e. The zero-order valence-electron chi connectivity index (χ0n) is 26.1. The number of nitrogens with one attached hydrogen (secondary N) is 2. The number of piperidine rings is 1. The molecule has 0 spiro atoms. The maximum absolute atomic E-state index is 13.0. The summed E-state index contributed by atoms with van der Waals surface area (Å²) < 4.78 is 7.59. The molecule has 0 aliphatic carbocycles. The van der Waals surface area contributed by atoms with E-state index in [1.807, 2.05) is 42.5 Å². The van der Waals surface area contributed by atoms with Gasteiger partial charge < -0.3 is 10.1 Å². The molecule has 0 bridgehead atoms. The van der Waals surface area contributed by atoms with Gasteiger partial charge in [0.15, 0.2) is 5.13 Å². The molecule has 46 heavy (non-hydrogen) atoms. The zero-order chi connectivity index (χ0) is 32.0. The van der Waals surface area contributed by atoms with Gasteiger partial charge in [-0.1, -0.05) is 44.2 Å². The molecule has 0 unspecified atom stereocenters. The number of hydrogen-bond acceptors (Lipinski definition) is 8. The zero-order valence-corrected chi connectivity index (χ0v) is 26.9. The number of benzene rings is 2. The number of amides is 3. The Kier molecular flexibility index (Phi) is 9.34. The summed E-state index contributed by atoms with van der Waals surface area (Å²) in [5, 5.41) is 11.2. The number of nitrogens with zero attached hydrogens (tertiary/aromatic N) is 6. The van der Waals surface area contributed by atoms with Crippen LogP contribution in [0.15, 0.2) is 73.2 Å². The van der Waals surface area contributed by atoms with Crippen LogP contribution in [-0.4, -0.2) is 43.2 Å². The highest BCUT2D eigenvalue weighted by Crippen LogP contribution is 2.34. The van der Waals surface area contributed by atoms with Crippen molar-refractivity contribution >= 4 is 39.9 Å². The Morgan fingerprint density at radius 3 is 2.54 bits per heavy atom. The van der Waals surface area contributed by atoms with Crippen LogP contribution in [0.4, 0.5) is 21.4 Å². The fourth-order valence-electron chi connectivity index (χ4n) is 5.18. The largest absolute Gasteiger partial charge is 0.424 e. The van der Waals surface area contributed by atoms with Gasteiger partial charge in [-0.25, -0.2) is 24.4 Å². The molecule has 1 fully saturated rings. The van der Waals surface area contributed by atoms with E-state index < -0.39 is 6.03 Å². The SMILES string of the molecule is CCc1cccc(-n2nc(CC(C)C)cc2NC(=O)Nc2cnc(Oc3ccc(-c4cnc(N5CCCCC5=O)s4)cc3)nc2)c1. The molecule has 1 aliphatic heterocycles. The van der Waals surface area contributed by atoms with Crippen molar-refractivity contribution in [2.24, 2.45) is 5.92 Å². The molecule has 6 rings (SSSR count). The molecule has 0 atom stereocenters. The van der Waals surface area contributed by atoms with E-state index in [1.54, 1.807) is 15.8 Å². The van der Waals surface area contributed by atoms with Crippen LogP contribution in [0.5, 0.6) is 11.8 Å². The molecule has 1 aliphatic rings. The average Bonchev–Trinajstić information content (AvgIpc) is 3.70. The van der Waals surface area contributed by atoms with E-state index in [4.69, 9.17) is 9.84 Å². The van der Waals surface area contributed by atoms with E-state index in [1.165, 1.54) is 29.3 Å². The Balaban J connectivity index is 1.07. The first-order valence-corrected chi connectivity index (χ1v) is 16.3. The lowest BCUT2D eigenvalue weighted by Gasteiger charge is -2.23. The van der Waals surface area contributed by atoms with Crippen molar-refractivity contribution in [3.8, 4) is 27.9 Å². The van der Waals surface area contributed by atoms with Gasteiger partial charge in [-0.3, -0.25) is 15.0 Å². The van der Waals surface area contributed by atoms with Crippen LogP contribution >= 0.6 is 11.3 Å². The van der Waals surface area contributed by atoms with Crippen molar-refractivity contribution in [2.75, 3.05) is 22.1 Å². The Morgan fingerprint density at radius 1 is 1.00 bits per heavy atom. The molecule has 5 aromatic rings. The molecular weight excluding hydrogens is 600 g/mol. The summed E-state index contributed by atoms with van der Waals surface area (Å²) in [5.41, 5.74) is 4.35. The van der Waals surface area contributed by atoms with Gasteiger partial charge in [0.25, 0.3) is 0 Å². The first kappa shape index (κ1) is 30.9. The summed E-state index contributed by atoms with van der Waals surface area (Å²) in [5.74, 6) is 1.69. The Morgan fingerprint density at radius 2 is 1.80 bits per heavy atom. The predicted octanol–water partition coefficient (Wildman–Crippen LogP) is 7.50. The van der Waals surface area contributed by atoms with E-state index in [0.717, 1.165) is 59.2 Å². The number of aromatic nitrogens is 5. The fourth-order valence-corrected chi connectivity index (χ4v) is 6.14. The van der Waals surface area contributed by atoms with Crippen molar-refractivity contribution in [2.45, 2.75) is 52.9 Å². The average molecular weight is 637 g/mol. The van der Waals surface area contributed by atoms with Gasteiger partial charge in [0, 0.05) is 25.2 Å². The third-order valence-electron chi connectivity index (χ3n) is 7.46. The lowest BCUT2D eigenvalue weighted by molar-refractivity contribution is -0.119. The number of thiazole rings is 1. The molecule has 236 valence electrons. The molecule has 3 amide bonds. The number of aryl methyl sites for hydroxylation is 1. The van der Waals surface area contributed by atoms with Crippen LogP contribution in [0, 0.1) is 5.92 Å². The number of rotatable bonds is 10. The minimum atomic E-state index is -0.437. The fraction of sp³-hybridized carbons (Fsp3) is 0.294. The van der Waals surface area contributed by atoms with Gasteiger partial charge in [-0.15, -0.1) is 0 Å². The summed E-state index contributed by atoms with van der Waals surface area (Å²) >= 11 is 1.50. The van der Waals surface area contributed by atoms with E-state index in [9.17, 15) is 9.59 Å². The van der Waals surface area contributed by atoms with Crippen LogP contribution in [0.2, 0.25) is 0 Å². The quantitative estimate of drug-likeness (QED) is 0.163. The second-order valence-corrected chi connectivity index (χ2v) is 12.5. The highest BCUT2D eigenvalue weighted by Gasteiger charge is 2.22. The molecule has 4 heterocycles. The van der Waals surface area contributed by atoms with Crippen LogP contribution in [-0.2, 0) is 17.6 Å². The summed E-state index contributed by atoms with van der Waals surface area (Å²) in [6.07, 6.45) is 8.99.